The molecule has 0 N–H and O–H groups in total. The molecule has 1 rings (SSSR count). The number of rotatable bonds is 7. The molecule has 0 bridgehead atoms. The Morgan fingerprint density at radius 1 is 1.38 bits per heavy atom. The van der Waals surface area contributed by atoms with Gasteiger partial charge in [0, 0.05) is 32.1 Å². The standard InChI is InChI=1S/C14H19NO/c1-3-8-14(16)11-7-12-15(2)13-9-5-4-6-10-13/h3-6,9-10H,1,7-8,11-12H2,2H3. The number of ketones is 1. The maximum atomic E-state index is 11.3. The molecule has 0 saturated carbocycles. The lowest BCUT2D eigenvalue weighted by atomic mass is 10.1. The van der Waals surface area contributed by atoms with Crippen LogP contribution in [0.15, 0.2) is 43.0 Å². The minimum absolute atomic E-state index is 0.275. The molecule has 2 nitrogen and oxygen atoms in total. The Labute approximate surface area is 97.6 Å². The SMILES string of the molecule is C=CCC(=O)CCCN(C)c1ccccc1. The van der Waals surface area contributed by atoms with Gasteiger partial charge in [-0.3, -0.25) is 4.79 Å². The van der Waals surface area contributed by atoms with Crippen LogP contribution in [0.2, 0.25) is 0 Å². The van der Waals surface area contributed by atoms with Crippen molar-refractivity contribution in [3.63, 3.8) is 0 Å². The van der Waals surface area contributed by atoms with Crippen molar-refractivity contribution < 1.29 is 4.79 Å². The molecule has 0 heterocycles. The van der Waals surface area contributed by atoms with Crippen LogP contribution < -0.4 is 4.90 Å². The number of hydrogen-bond acceptors (Lipinski definition) is 2. The van der Waals surface area contributed by atoms with Gasteiger partial charge in [0.2, 0.25) is 0 Å². The lowest BCUT2D eigenvalue weighted by molar-refractivity contribution is -0.118. The van der Waals surface area contributed by atoms with Gasteiger partial charge in [-0.1, -0.05) is 24.3 Å². The van der Waals surface area contributed by atoms with Gasteiger partial charge in [0.25, 0.3) is 0 Å². The van der Waals surface area contributed by atoms with Crippen LogP contribution in [0, 0.1) is 0 Å². The molecule has 16 heavy (non-hydrogen) atoms. The summed E-state index contributed by atoms with van der Waals surface area (Å²) < 4.78 is 0. The molecular formula is C14H19NO. The van der Waals surface area contributed by atoms with Gasteiger partial charge in [0.15, 0.2) is 0 Å². The van der Waals surface area contributed by atoms with E-state index in [1.807, 2.05) is 25.2 Å². The van der Waals surface area contributed by atoms with Crippen LogP contribution in [0.3, 0.4) is 0 Å². The molecule has 0 aliphatic heterocycles. The Balaban J connectivity index is 2.28. The summed E-state index contributed by atoms with van der Waals surface area (Å²) in [7, 11) is 2.05. The second-order valence-electron chi connectivity index (χ2n) is 3.89. The molecule has 0 saturated heterocycles. The molecule has 0 radical (unpaired) electrons. The van der Waals surface area contributed by atoms with Crippen molar-refractivity contribution in [2.24, 2.45) is 0 Å². The molecule has 2 heteroatoms. The van der Waals surface area contributed by atoms with Crippen molar-refractivity contribution >= 4 is 11.5 Å². The fourth-order valence-electron chi connectivity index (χ4n) is 1.59. The second kappa shape index (κ2) is 6.83. The zero-order valence-electron chi connectivity index (χ0n) is 9.86. The fraction of sp³-hybridized carbons (Fsp3) is 0.357. The van der Waals surface area contributed by atoms with Crippen LogP contribution in [0.4, 0.5) is 5.69 Å². The van der Waals surface area contributed by atoms with Gasteiger partial charge in [-0.2, -0.15) is 0 Å². The monoisotopic (exact) mass is 217 g/mol. The molecule has 0 unspecified atom stereocenters. The highest BCUT2D eigenvalue weighted by Crippen LogP contribution is 2.11. The molecule has 0 fully saturated rings. The van der Waals surface area contributed by atoms with Crippen LogP contribution in [0.5, 0.6) is 0 Å². The highest BCUT2D eigenvalue weighted by molar-refractivity contribution is 5.79. The lowest BCUT2D eigenvalue weighted by Crippen LogP contribution is -2.19. The first-order chi connectivity index (χ1) is 7.74. The summed E-state index contributed by atoms with van der Waals surface area (Å²) in [6.45, 7) is 4.47. The van der Waals surface area contributed by atoms with Crippen molar-refractivity contribution in [3.05, 3.63) is 43.0 Å². The molecule has 0 aliphatic rings. The second-order valence-corrected chi connectivity index (χ2v) is 3.89. The number of para-hydroxylation sites is 1. The number of benzene rings is 1. The lowest BCUT2D eigenvalue weighted by Gasteiger charge is -2.18. The number of Topliss-reactive ketones (excluding diaryl/α,β-unsaturated/α-hetero) is 1. The first-order valence-corrected chi connectivity index (χ1v) is 5.63. The number of hydrogen-bond donors (Lipinski definition) is 0. The maximum Gasteiger partial charge on any atom is 0.136 e. The third kappa shape index (κ3) is 4.30. The molecular weight excluding hydrogens is 198 g/mol. The summed E-state index contributed by atoms with van der Waals surface area (Å²) in [4.78, 5) is 13.4. The van der Waals surface area contributed by atoms with E-state index in [0.717, 1.165) is 13.0 Å². The topological polar surface area (TPSA) is 20.3 Å². The number of anilines is 1. The van der Waals surface area contributed by atoms with Crippen LogP contribution >= 0.6 is 0 Å². The Hall–Kier alpha value is -1.57. The number of carbonyl (C=O) groups excluding carboxylic acids is 1. The Kier molecular flexibility index (Phi) is 5.34. The third-order valence-corrected chi connectivity index (χ3v) is 2.52. The first kappa shape index (κ1) is 12.5. The number of nitrogens with zero attached hydrogens (tertiary/aromatic N) is 1. The molecule has 0 amide bonds. The van der Waals surface area contributed by atoms with E-state index in [-0.39, 0.29) is 5.78 Å². The molecule has 1 aromatic carbocycles. The molecule has 0 atom stereocenters. The quantitative estimate of drug-likeness (QED) is 0.654. The molecule has 0 spiro atoms. The highest BCUT2D eigenvalue weighted by atomic mass is 16.1. The summed E-state index contributed by atoms with van der Waals surface area (Å²) in [6, 6.07) is 10.2. The summed E-state index contributed by atoms with van der Waals surface area (Å²) >= 11 is 0. The minimum Gasteiger partial charge on any atom is -0.375 e. The van der Waals surface area contributed by atoms with Crippen molar-refractivity contribution in [1.82, 2.24) is 0 Å². The van der Waals surface area contributed by atoms with Gasteiger partial charge in [-0.15, -0.1) is 6.58 Å². The predicted octanol–water partition coefficient (Wildman–Crippen LogP) is 3.05. The van der Waals surface area contributed by atoms with E-state index in [1.165, 1.54) is 5.69 Å². The Morgan fingerprint density at radius 2 is 2.06 bits per heavy atom. The van der Waals surface area contributed by atoms with E-state index in [9.17, 15) is 4.79 Å². The van der Waals surface area contributed by atoms with Crippen LogP contribution in [-0.2, 0) is 4.79 Å². The zero-order chi connectivity index (χ0) is 11.8. The summed E-state index contributed by atoms with van der Waals surface area (Å²) in [6.07, 6.45) is 3.71. The largest absolute Gasteiger partial charge is 0.375 e. The number of carbonyl (C=O) groups is 1. The smallest absolute Gasteiger partial charge is 0.136 e. The fourth-order valence-corrected chi connectivity index (χ4v) is 1.59. The number of allylic oxidation sites excluding steroid dienone is 1. The molecule has 0 aliphatic carbocycles. The van der Waals surface area contributed by atoms with Crippen LogP contribution in [0.1, 0.15) is 19.3 Å². The van der Waals surface area contributed by atoms with E-state index in [0.29, 0.717) is 12.8 Å². The molecule has 1 aromatic rings. The Morgan fingerprint density at radius 3 is 2.69 bits per heavy atom. The maximum absolute atomic E-state index is 11.3. The van der Waals surface area contributed by atoms with Gasteiger partial charge in [-0.05, 0) is 18.6 Å². The van der Waals surface area contributed by atoms with E-state index >= 15 is 0 Å². The predicted molar refractivity (Wildman–Crippen MR) is 68.8 cm³/mol. The third-order valence-electron chi connectivity index (χ3n) is 2.52. The van der Waals surface area contributed by atoms with Gasteiger partial charge in [0.05, 0.1) is 0 Å². The van der Waals surface area contributed by atoms with E-state index in [2.05, 4.69) is 23.6 Å². The van der Waals surface area contributed by atoms with Gasteiger partial charge in [-0.25, -0.2) is 0 Å². The van der Waals surface area contributed by atoms with Crippen LogP contribution in [-0.4, -0.2) is 19.4 Å². The minimum atomic E-state index is 0.275. The first-order valence-electron chi connectivity index (χ1n) is 5.63. The van der Waals surface area contributed by atoms with Crippen molar-refractivity contribution in [3.8, 4) is 0 Å². The van der Waals surface area contributed by atoms with Gasteiger partial charge < -0.3 is 4.90 Å². The van der Waals surface area contributed by atoms with Crippen LogP contribution in [0.25, 0.3) is 0 Å². The summed E-state index contributed by atoms with van der Waals surface area (Å²) in [5, 5.41) is 0. The average molecular weight is 217 g/mol. The summed E-state index contributed by atoms with van der Waals surface area (Å²) in [5.41, 5.74) is 1.19. The van der Waals surface area contributed by atoms with Crippen molar-refractivity contribution in [2.45, 2.75) is 19.3 Å². The normalized spacial score (nSPS) is 9.81. The molecule has 86 valence electrons. The zero-order valence-corrected chi connectivity index (χ0v) is 9.86. The van der Waals surface area contributed by atoms with E-state index < -0.39 is 0 Å². The average Bonchev–Trinajstić information content (AvgIpc) is 2.30. The van der Waals surface area contributed by atoms with Crippen molar-refractivity contribution in [2.75, 3.05) is 18.5 Å². The molecule has 0 aromatic heterocycles. The van der Waals surface area contributed by atoms with Gasteiger partial charge >= 0.3 is 0 Å². The summed E-state index contributed by atoms with van der Waals surface area (Å²) in [5.74, 6) is 0.275. The Bertz CT molecular complexity index is 332. The van der Waals surface area contributed by atoms with Crippen molar-refractivity contribution in [1.29, 1.82) is 0 Å². The van der Waals surface area contributed by atoms with E-state index in [1.54, 1.807) is 6.08 Å². The highest BCUT2D eigenvalue weighted by Gasteiger charge is 2.02. The van der Waals surface area contributed by atoms with Gasteiger partial charge in [0.1, 0.15) is 5.78 Å². The van der Waals surface area contributed by atoms with E-state index in [4.69, 9.17) is 0 Å².